The van der Waals surface area contributed by atoms with Crippen molar-refractivity contribution in [3.63, 3.8) is 0 Å². The van der Waals surface area contributed by atoms with Gasteiger partial charge in [-0.05, 0) is 42.5 Å². The molecule has 1 atom stereocenters. The Morgan fingerprint density at radius 1 is 1.30 bits per heavy atom. The van der Waals surface area contributed by atoms with Crippen LogP contribution >= 0.6 is 23.4 Å². The molecule has 0 saturated heterocycles. The van der Waals surface area contributed by atoms with Gasteiger partial charge in [-0.3, -0.25) is 0 Å². The van der Waals surface area contributed by atoms with E-state index < -0.39 is 0 Å². The van der Waals surface area contributed by atoms with Crippen molar-refractivity contribution < 1.29 is 4.42 Å². The van der Waals surface area contributed by atoms with Crippen LogP contribution in [0.5, 0.6) is 0 Å². The lowest BCUT2D eigenvalue weighted by molar-refractivity contribution is 0.456. The first-order valence-corrected chi connectivity index (χ1v) is 8.56. The highest BCUT2D eigenvalue weighted by atomic mass is 35.5. The third-order valence-corrected chi connectivity index (χ3v) is 4.51. The molecular weight excluding hydrogens is 290 g/mol. The minimum Gasteiger partial charge on any atom is -0.459 e. The third-order valence-electron chi connectivity index (χ3n) is 3.08. The minimum atomic E-state index is 0.258. The fraction of sp³-hybridized carbons (Fsp3) is 0.500. The summed E-state index contributed by atoms with van der Waals surface area (Å²) in [5, 5.41) is 6.02. The maximum atomic E-state index is 6.03. The number of benzene rings is 1. The van der Waals surface area contributed by atoms with Crippen molar-refractivity contribution >= 4 is 34.3 Å². The van der Waals surface area contributed by atoms with E-state index in [0.717, 1.165) is 40.5 Å². The fourth-order valence-corrected chi connectivity index (χ4v) is 3.10. The minimum absolute atomic E-state index is 0.258. The summed E-state index contributed by atoms with van der Waals surface area (Å²) in [4.78, 5) is 0. The van der Waals surface area contributed by atoms with Gasteiger partial charge in [0.15, 0.2) is 0 Å². The third kappa shape index (κ3) is 4.18. The molecule has 0 radical (unpaired) electrons. The van der Waals surface area contributed by atoms with Crippen molar-refractivity contribution in [2.75, 3.05) is 12.3 Å². The van der Waals surface area contributed by atoms with Crippen LogP contribution < -0.4 is 5.32 Å². The van der Waals surface area contributed by atoms with E-state index in [1.165, 1.54) is 0 Å². The van der Waals surface area contributed by atoms with Crippen LogP contribution in [0.25, 0.3) is 11.0 Å². The lowest BCUT2D eigenvalue weighted by Gasteiger charge is -2.17. The molecule has 110 valence electrons. The lowest BCUT2D eigenvalue weighted by Crippen LogP contribution is -2.24. The maximum absolute atomic E-state index is 6.03. The molecule has 0 amide bonds. The van der Waals surface area contributed by atoms with Crippen molar-refractivity contribution in [2.45, 2.75) is 38.5 Å². The molecule has 20 heavy (non-hydrogen) atoms. The van der Waals surface area contributed by atoms with Gasteiger partial charge in [-0.25, -0.2) is 0 Å². The first kappa shape index (κ1) is 15.7. The number of thioether (sulfide) groups is 1. The van der Waals surface area contributed by atoms with Gasteiger partial charge in [0.05, 0.1) is 6.04 Å². The summed E-state index contributed by atoms with van der Waals surface area (Å²) in [6.07, 6.45) is 1.12. The molecule has 1 aromatic heterocycles. The van der Waals surface area contributed by atoms with Gasteiger partial charge < -0.3 is 9.73 Å². The van der Waals surface area contributed by atoms with E-state index in [-0.39, 0.29) is 6.04 Å². The lowest BCUT2D eigenvalue weighted by atomic mass is 10.2. The summed E-state index contributed by atoms with van der Waals surface area (Å²) in [7, 11) is 0. The molecule has 0 spiro atoms. The summed E-state index contributed by atoms with van der Waals surface area (Å²) < 4.78 is 5.98. The molecule has 0 aliphatic carbocycles. The Morgan fingerprint density at radius 3 is 2.80 bits per heavy atom. The predicted octanol–water partition coefficient (Wildman–Crippen LogP) is 5.27. The molecule has 1 heterocycles. The number of nitrogens with one attached hydrogen (secondary N) is 1. The Kier molecular flexibility index (Phi) is 5.82. The second kappa shape index (κ2) is 7.39. The van der Waals surface area contributed by atoms with Crippen molar-refractivity contribution in [1.29, 1.82) is 0 Å². The van der Waals surface area contributed by atoms with Crippen LogP contribution in [0.1, 0.15) is 39.0 Å². The van der Waals surface area contributed by atoms with Gasteiger partial charge >= 0.3 is 0 Å². The summed E-state index contributed by atoms with van der Waals surface area (Å²) in [5.41, 5.74) is 0.905. The molecular formula is C16H22ClNOS. The largest absolute Gasteiger partial charge is 0.459 e. The van der Waals surface area contributed by atoms with Crippen LogP contribution in [0.4, 0.5) is 0 Å². The molecule has 1 N–H and O–H groups in total. The Bertz CT molecular complexity index is 552. The Morgan fingerprint density at radius 2 is 2.10 bits per heavy atom. The van der Waals surface area contributed by atoms with Gasteiger partial charge in [-0.2, -0.15) is 11.8 Å². The zero-order chi connectivity index (χ0) is 14.5. The number of halogens is 1. The predicted molar refractivity (Wildman–Crippen MR) is 89.9 cm³/mol. The van der Waals surface area contributed by atoms with Crippen LogP contribution in [0.3, 0.4) is 0 Å². The van der Waals surface area contributed by atoms with Gasteiger partial charge in [-0.15, -0.1) is 0 Å². The van der Waals surface area contributed by atoms with Gasteiger partial charge in [0.25, 0.3) is 0 Å². The zero-order valence-corrected chi connectivity index (χ0v) is 13.9. The van der Waals surface area contributed by atoms with Crippen molar-refractivity contribution in [2.24, 2.45) is 0 Å². The molecule has 0 aliphatic rings. The number of furan rings is 1. The van der Waals surface area contributed by atoms with E-state index in [0.29, 0.717) is 5.25 Å². The quantitative estimate of drug-likeness (QED) is 0.754. The van der Waals surface area contributed by atoms with Crippen molar-refractivity contribution in [3.8, 4) is 0 Å². The Hall–Kier alpha value is -0.640. The number of fused-ring (bicyclic) bond motifs is 1. The molecule has 0 aliphatic heterocycles. The monoisotopic (exact) mass is 311 g/mol. The molecule has 0 fully saturated rings. The summed E-state index contributed by atoms with van der Waals surface area (Å²) >= 11 is 7.98. The number of hydrogen-bond donors (Lipinski definition) is 1. The fourth-order valence-electron chi connectivity index (χ4n) is 2.06. The molecule has 1 unspecified atom stereocenters. The first-order valence-electron chi connectivity index (χ1n) is 7.14. The van der Waals surface area contributed by atoms with Crippen molar-refractivity contribution in [1.82, 2.24) is 5.32 Å². The topological polar surface area (TPSA) is 25.2 Å². The van der Waals surface area contributed by atoms with Gasteiger partial charge in [-0.1, -0.05) is 32.4 Å². The van der Waals surface area contributed by atoms with E-state index in [1.54, 1.807) is 0 Å². The summed E-state index contributed by atoms with van der Waals surface area (Å²) in [6, 6.07) is 8.13. The van der Waals surface area contributed by atoms with Crippen LogP contribution in [0.15, 0.2) is 28.7 Å². The van der Waals surface area contributed by atoms with Crippen LogP contribution in [-0.4, -0.2) is 17.5 Å². The van der Waals surface area contributed by atoms with E-state index >= 15 is 0 Å². The van der Waals surface area contributed by atoms with Crippen LogP contribution in [-0.2, 0) is 0 Å². The van der Waals surface area contributed by atoms with Gasteiger partial charge in [0, 0.05) is 16.2 Å². The number of hydrogen-bond acceptors (Lipinski definition) is 3. The molecule has 1 aromatic carbocycles. The molecule has 0 bridgehead atoms. The molecule has 0 saturated carbocycles. The number of rotatable bonds is 7. The zero-order valence-electron chi connectivity index (χ0n) is 12.3. The van der Waals surface area contributed by atoms with Gasteiger partial charge in [0.2, 0.25) is 0 Å². The highest BCUT2D eigenvalue weighted by molar-refractivity contribution is 7.99. The summed E-state index contributed by atoms with van der Waals surface area (Å²) in [6.45, 7) is 7.62. The highest BCUT2D eigenvalue weighted by Crippen LogP contribution is 2.29. The molecule has 2 aromatic rings. The molecule has 2 rings (SSSR count). The average Bonchev–Trinajstić information content (AvgIpc) is 2.81. The van der Waals surface area contributed by atoms with E-state index in [9.17, 15) is 0 Å². The Labute approximate surface area is 130 Å². The van der Waals surface area contributed by atoms with E-state index in [1.807, 2.05) is 30.0 Å². The van der Waals surface area contributed by atoms with Crippen LogP contribution in [0, 0.1) is 0 Å². The standard InChI is InChI=1S/C16H22ClNOS/c1-4-7-18-14(10-20-11(2)3)16-9-12-8-13(17)5-6-15(12)19-16/h5-6,8-9,11,14,18H,4,7,10H2,1-3H3. The normalized spacial score (nSPS) is 13.2. The molecule has 4 heteroatoms. The smallest absolute Gasteiger partial charge is 0.134 e. The van der Waals surface area contributed by atoms with E-state index in [4.69, 9.17) is 16.0 Å². The Balaban J connectivity index is 2.20. The average molecular weight is 312 g/mol. The highest BCUT2D eigenvalue weighted by Gasteiger charge is 2.16. The van der Waals surface area contributed by atoms with Crippen molar-refractivity contribution in [3.05, 3.63) is 35.0 Å². The second-order valence-corrected chi connectivity index (χ2v) is 7.27. The molecule has 2 nitrogen and oxygen atoms in total. The SMILES string of the molecule is CCCNC(CSC(C)C)c1cc2cc(Cl)ccc2o1. The first-order chi connectivity index (χ1) is 9.60. The maximum Gasteiger partial charge on any atom is 0.134 e. The second-order valence-electron chi connectivity index (χ2n) is 5.22. The summed E-state index contributed by atoms with van der Waals surface area (Å²) in [5.74, 6) is 2.02. The van der Waals surface area contributed by atoms with Crippen LogP contribution in [0.2, 0.25) is 5.02 Å². The van der Waals surface area contributed by atoms with Gasteiger partial charge in [0.1, 0.15) is 11.3 Å². The van der Waals surface area contributed by atoms with E-state index in [2.05, 4.69) is 32.2 Å².